The molecule has 0 unspecified atom stereocenters. The molecule has 0 fully saturated rings. The van der Waals surface area contributed by atoms with E-state index in [9.17, 15) is 0 Å². The van der Waals surface area contributed by atoms with Crippen molar-refractivity contribution in [3.8, 4) is 39.1 Å². The number of hydrogen-bond acceptors (Lipinski definition) is 2. The molecule has 0 bridgehead atoms. The molecule has 0 aliphatic heterocycles. The van der Waals surface area contributed by atoms with E-state index < -0.39 is 0 Å². The van der Waals surface area contributed by atoms with Crippen LogP contribution in [0.5, 0.6) is 0 Å². The zero-order valence-corrected chi connectivity index (χ0v) is 28.4. The van der Waals surface area contributed by atoms with Gasteiger partial charge in [-0.15, -0.1) is 0 Å². The van der Waals surface area contributed by atoms with Gasteiger partial charge in [0.15, 0.2) is 5.58 Å². The Kier molecular flexibility index (Phi) is 6.28. The zero-order chi connectivity index (χ0) is 35.0. The number of para-hydroxylation sites is 2. The summed E-state index contributed by atoms with van der Waals surface area (Å²) < 4.78 is 15.5. The van der Waals surface area contributed by atoms with Crippen LogP contribution in [-0.2, 0) is 0 Å². The van der Waals surface area contributed by atoms with E-state index in [1.807, 2.05) is 30.3 Å². The number of rotatable bonds is 4. The highest BCUT2D eigenvalue weighted by Gasteiger charge is 2.22. The van der Waals surface area contributed by atoms with Gasteiger partial charge in [-0.25, -0.2) is 4.85 Å². The molecule has 0 atom stereocenters. The number of aromatic nitrogens is 1. The monoisotopic (exact) mass is 676 g/mol. The van der Waals surface area contributed by atoms with Gasteiger partial charge in [0, 0.05) is 32.3 Å². The highest BCUT2D eigenvalue weighted by atomic mass is 16.3. The average Bonchev–Trinajstić information content (AvgIpc) is 3.90. The van der Waals surface area contributed by atoms with Crippen molar-refractivity contribution in [2.45, 2.75) is 0 Å². The van der Waals surface area contributed by atoms with Crippen LogP contribution in [0.4, 0.5) is 5.69 Å². The Balaban J connectivity index is 1.18. The van der Waals surface area contributed by atoms with E-state index in [2.05, 4.69) is 149 Å². The second kappa shape index (κ2) is 11.3. The molecule has 11 aromatic rings. The van der Waals surface area contributed by atoms with Crippen LogP contribution >= 0.6 is 0 Å². The Morgan fingerprint density at radius 3 is 1.74 bits per heavy atom. The van der Waals surface area contributed by atoms with Crippen molar-refractivity contribution in [3.63, 3.8) is 0 Å². The van der Waals surface area contributed by atoms with E-state index >= 15 is 0 Å². The third-order valence-electron chi connectivity index (χ3n) is 10.6. The van der Waals surface area contributed by atoms with Gasteiger partial charge in [0.2, 0.25) is 5.69 Å². The molecule has 0 aliphatic carbocycles. The summed E-state index contributed by atoms with van der Waals surface area (Å²) in [5, 5.41) is 6.38. The van der Waals surface area contributed by atoms with Crippen molar-refractivity contribution in [3.05, 3.63) is 181 Å². The largest absolute Gasteiger partial charge is 0.465 e. The van der Waals surface area contributed by atoms with Crippen molar-refractivity contribution in [2.75, 3.05) is 0 Å². The zero-order valence-electron chi connectivity index (χ0n) is 28.4. The first-order valence-electron chi connectivity index (χ1n) is 17.7. The molecule has 0 spiro atoms. The molecule has 0 N–H and O–H groups in total. The van der Waals surface area contributed by atoms with Gasteiger partial charge in [-0.2, -0.15) is 0 Å². The molecule has 4 nitrogen and oxygen atoms in total. The third kappa shape index (κ3) is 4.41. The van der Waals surface area contributed by atoms with Crippen molar-refractivity contribution in [1.82, 2.24) is 4.57 Å². The summed E-state index contributed by atoms with van der Waals surface area (Å²) in [4.78, 5) is 3.91. The van der Waals surface area contributed by atoms with Gasteiger partial charge < -0.3 is 13.4 Å². The molecule has 246 valence electrons. The van der Waals surface area contributed by atoms with Gasteiger partial charge in [0.05, 0.1) is 23.3 Å². The van der Waals surface area contributed by atoms with Crippen molar-refractivity contribution >= 4 is 71.4 Å². The van der Waals surface area contributed by atoms with E-state index in [0.717, 1.165) is 88.0 Å². The van der Waals surface area contributed by atoms with Crippen molar-refractivity contribution in [1.29, 1.82) is 0 Å². The molecule has 3 aromatic heterocycles. The molecule has 0 aliphatic rings. The molecule has 4 heteroatoms. The van der Waals surface area contributed by atoms with E-state index in [-0.39, 0.29) is 0 Å². The van der Waals surface area contributed by atoms with Gasteiger partial charge in [-0.05, 0) is 81.9 Å². The fourth-order valence-electron chi connectivity index (χ4n) is 8.17. The lowest BCUT2D eigenvalue weighted by molar-refractivity contribution is 0.668. The molecule has 0 saturated carbocycles. The van der Waals surface area contributed by atoms with Crippen LogP contribution in [0.25, 0.3) is 110 Å². The summed E-state index contributed by atoms with van der Waals surface area (Å²) >= 11 is 0. The predicted molar refractivity (Wildman–Crippen MR) is 218 cm³/mol. The quantitative estimate of drug-likeness (QED) is 0.174. The fourth-order valence-corrected chi connectivity index (χ4v) is 8.17. The van der Waals surface area contributed by atoms with Crippen LogP contribution in [0.1, 0.15) is 0 Å². The third-order valence-corrected chi connectivity index (χ3v) is 10.6. The van der Waals surface area contributed by atoms with Gasteiger partial charge >= 0.3 is 0 Å². The normalized spacial score (nSPS) is 11.8. The summed E-state index contributed by atoms with van der Waals surface area (Å²) in [7, 11) is 0. The number of nitrogens with zero attached hydrogens (tertiary/aromatic N) is 2. The van der Waals surface area contributed by atoms with Crippen molar-refractivity contribution < 1.29 is 8.83 Å². The first-order valence-corrected chi connectivity index (χ1v) is 17.7. The lowest BCUT2D eigenvalue weighted by Crippen LogP contribution is -1.94. The summed E-state index contributed by atoms with van der Waals surface area (Å²) in [6.07, 6.45) is 0. The fraction of sp³-hybridized carbons (Fsp3) is 0. The van der Waals surface area contributed by atoms with Crippen molar-refractivity contribution in [2.24, 2.45) is 0 Å². The maximum absolute atomic E-state index is 8.08. The topological polar surface area (TPSA) is 35.6 Å². The van der Waals surface area contributed by atoms with Crippen LogP contribution in [0.15, 0.2) is 179 Å². The first-order chi connectivity index (χ1) is 26.2. The molecular weight excluding hydrogens is 649 g/mol. The Morgan fingerprint density at radius 2 is 1.04 bits per heavy atom. The second-order valence-electron chi connectivity index (χ2n) is 13.5. The van der Waals surface area contributed by atoms with Crippen LogP contribution in [0.2, 0.25) is 0 Å². The molecule has 0 amide bonds. The predicted octanol–water partition coefficient (Wildman–Crippen LogP) is 14.1. The number of hydrogen-bond donors (Lipinski definition) is 0. The highest BCUT2D eigenvalue weighted by Crippen LogP contribution is 2.46. The van der Waals surface area contributed by atoms with Gasteiger partial charge in [0.1, 0.15) is 16.7 Å². The maximum atomic E-state index is 8.08. The number of furan rings is 2. The molecule has 0 saturated heterocycles. The highest BCUT2D eigenvalue weighted by molar-refractivity contribution is 6.19. The molecule has 11 rings (SSSR count). The smallest absolute Gasteiger partial charge is 0.229 e. The summed E-state index contributed by atoms with van der Waals surface area (Å²) in [5.74, 6) is 0. The van der Waals surface area contributed by atoms with Gasteiger partial charge in [-0.1, -0.05) is 121 Å². The minimum atomic E-state index is 0.484. The Bertz CT molecular complexity index is 3190. The molecule has 8 aromatic carbocycles. The molecular formula is C49H28N2O2. The SMILES string of the molecule is [C-]#[N+]c1ccc(-c2ccc3c(c2)oc2ccccc23)c2c1oc1c(-n3c4ccc(-c5ccccc5)cc4c4cc(-c5ccccc5)ccc43)cccc12. The Morgan fingerprint density at radius 1 is 0.415 bits per heavy atom. The molecule has 0 radical (unpaired) electrons. The van der Waals surface area contributed by atoms with E-state index in [1.165, 1.54) is 11.1 Å². The second-order valence-corrected chi connectivity index (χ2v) is 13.5. The summed E-state index contributed by atoms with van der Waals surface area (Å²) in [6, 6.07) is 59.2. The minimum Gasteiger partial charge on any atom is -0.465 e. The lowest BCUT2D eigenvalue weighted by atomic mass is 9.97. The minimum absolute atomic E-state index is 0.484. The number of benzene rings is 8. The van der Waals surface area contributed by atoms with Gasteiger partial charge in [-0.3, -0.25) is 0 Å². The van der Waals surface area contributed by atoms with Crippen LogP contribution in [0, 0.1) is 6.57 Å². The first kappa shape index (κ1) is 29.4. The summed E-state index contributed by atoms with van der Waals surface area (Å²) in [5.41, 5.74) is 13.3. The lowest BCUT2D eigenvalue weighted by Gasteiger charge is -2.10. The Hall–Kier alpha value is -7.35. The standard InChI is InChI=1S/C49H28N2O2/c1-50-41-24-23-35(34-19-22-37-36-15-8-9-18-45(36)52-46(37)29-34)47-38-16-10-17-44(48(38)53-49(41)47)51-42-25-20-32(30-11-4-2-5-12-30)27-39(42)40-28-33(21-26-43(40)51)31-13-6-3-7-14-31/h2-29H. The van der Waals surface area contributed by atoms with E-state index in [4.69, 9.17) is 15.4 Å². The van der Waals surface area contributed by atoms with Crippen LogP contribution < -0.4 is 0 Å². The van der Waals surface area contributed by atoms with Crippen LogP contribution in [-0.4, -0.2) is 4.57 Å². The Labute approximate surface area is 304 Å². The maximum Gasteiger partial charge on any atom is 0.229 e. The summed E-state index contributed by atoms with van der Waals surface area (Å²) in [6.45, 7) is 8.08. The van der Waals surface area contributed by atoms with Crippen LogP contribution in [0.3, 0.4) is 0 Å². The molecule has 53 heavy (non-hydrogen) atoms. The van der Waals surface area contributed by atoms with Gasteiger partial charge in [0.25, 0.3) is 0 Å². The average molecular weight is 677 g/mol. The van der Waals surface area contributed by atoms with E-state index in [0.29, 0.717) is 11.3 Å². The van der Waals surface area contributed by atoms with E-state index in [1.54, 1.807) is 0 Å². The number of fused-ring (bicyclic) bond motifs is 9. The molecule has 3 heterocycles.